The number of nitrogens with zero attached hydrogens (tertiary/aromatic N) is 4. The minimum atomic E-state index is -0.279. The van der Waals surface area contributed by atoms with Crippen molar-refractivity contribution in [3.05, 3.63) is 42.4 Å². The van der Waals surface area contributed by atoms with E-state index in [1.807, 2.05) is 18.2 Å². The van der Waals surface area contributed by atoms with Crippen molar-refractivity contribution in [3.8, 4) is 5.88 Å². The van der Waals surface area contributed by atoms with Gasteiger partial charge in [-0.25, -0.2) is 4.98 Å². The first kappa shape index (κ1) is 15.1. The minimum Gasteiger partial charge on any atom is -0.477 e. The Balaban J connectivity index is 1.36. The van der Waals surface area contributed by atoms with Crippen molar-refractivity contribution in [2.75, 3.05) is 26.3 Å². The van der Waals surface area contributed by atoms with Crippen molar-refractivity contribution >= 4 is 5.91 Å². The van der Waals surface area contributed by atoms with Crippen LogP contribution in [0.1, 0.15) is 16.9 Å². The third-order valence-corrected chi connectivity index (χ3v) is 4.81. The van der Waals surface area contributed by atoms with Crippen molar-refractivity contribution in [1.82, 2.24) is 19.7 Å². The molecule has 1 amide bonds. The number of ether oxygens (including phenoxy) is 2. The Morgan fingerprint density at radius 1 is 1.42 bits per heavy atom. The molecule has 7 heteroatoms. The highest BCUT2D eigenvalue weighted by molar-refractivity contribution is 5.93. The number of rotatable bonds is 4. The highest BCUT2D eigenvalue weighted by Crippen LogP contribution is 2.40. The number of carbonyl (C=O) groups is 1. The van der Waals surface area contributed by atoms with Crippen LogP contribution in [0.3, 0.4) is 0 Å². The molecule has 0 radical (unpaired) electrons. The largest absolute Gasteiger partial charge is 0.477 e. The molecule has 2 aliphatic rings. The van der Waals surface area contributed by atoms with Crippen LogP contribution >= 0.6 is 0 Å². The predicted molar refractivity (Wildman–Crippen MR) is 85.6 cm³/mol. The lowest BCUT2D eigenvalue weighted by atomic mass is 9.81. The monoisotopic (exact) mass is 328 g/mol. The average molecular weight is 328 g/mol. The quantitative estimate of drug-likeness (QED) is 0.841. The summed E-state index contributed by atoms with van der Waals surface area (Å²) in [5.41, 5.74) is 0.200. The number of aryl methyl sites for hydroxylation is 1. The molecular formula is C17H20N4O3. The SMILES string of the molecule is Cn1ccc(C(=O)N2CC3(C2)OCC[C@H]3COc2ccccn2)n1. The maximum absolute atomic E-state index is 12.4. The summed E-state index contributed by atoms with van der Waals surface area (Å²) in [6, 6.07) is 7.35. The molecule has 1 atom stereocenters. The van der Waals surface area contributed by atoms with Gasteiger partial charge in [-0.2, -0.15) is 5.10 Å². The van der Waals surface area contributed by atoms with Gasteiger partial charge in [0.1, 0.15) is 11.3 Å². The van der Waals surface area contributed by atoms with Gasteiger partial charge in [0.05, 0.1) is 19.7 Å². The van der Waals surface area contributed by atoms with Crippen LogP contribution in [-0.4, -0.2) is 57.5 Å². The second kappa shape index (κ2) is 5.90. The maximum atomic E-state index is 12.4. The van der Waals surface area contributed by atoms with E-state index in [0.717, 1.165) is 6.42 Å². The molecule has 2 saturated heterocycles. The summed E-state index contributed by atoms with van der Waals surface area (Å²) in [4.78, 5) is 18.4. The fourth-order valence-corrected chi connectivity index (χ4v) is 3.42. The molecule has 4 rings (SSSR count). The van der Waals surface area contributed by atoms with Crippen LogP contribution < -0.4 is 4.74 Å². The topological polar surface area (TPSA) is 69.5 Å². The number of pyridine rings is 1. The van der Waals surface area contributed by atoms with Gasteiger partial charge in [0, 0.05) is 38.0 Å². The van der Waals surface area contributed by atoms with E-state index in [2.05, 4.69) is 10.1 Å². The fourth-order valence-electron chi connectivity index (χ4n) is 3.42. The molecule has 2 aliphatic heterocycles. The Morgan fingerprint density at radius 3 is 3.00 bits per heavy atom. The molecule has 7 nitrogen and oxygen atoms in total. The molecule has 0 unspecified atom stereocenters. The summed E-state index contributed by atoms with van der Waals surface area (Å²) in [5, 5.41) is 4.18. The second-order valence-corrected chi connectivity index (χ2v) is 6.41. The Kier molecular flexibility index (Phi) is 3.72. The number of hydrogen-bond donors (Lipinski definition) is 0. The first-order valence-electron chi connectivity index (χ1n) is 8.13. The number of hydrogen-bond acceptors (Lipinski definition) is 5. The first-order valence-corrected chi connectivity index (χ1v) is 8.13. The molecule has 24 heavy (non-hydrogen) atoms. The normalized spacial score (nSPS) is 21.7. The van der Waals surface area contributed by atoms with Crippen molar-refractivity contribution < 1.29 is 14.3 Å². The van der Waals surface area contributed by atoms with Gasteiger partial charge in [0.15, 0.2) is 0 Å². The summed E-state index contributed by atoms with van der Waals surface area (Å²) >= 11 is 0. The summed E-state index contributed by atoms with van der Waals surface area (Å²) < 4.78 is 13.4. The van der Waals surface area contributed by atoms with Crippen LogP contribution in [0.5, 0.6) is 5.88 Å². The van der Waals surface area contributed by atoms with E-state index in [-0.39, 0.29) is 17.4 Å². The third kappa shape index (κ3) is 2.65. The Morgan fingerprint density at radius 2 is 2.29 bits per heavy atom. The molecule has 0 saturated carbocycles. The van der Waals surface area contributed by atoms with E-state index >= 15 is 0 Å². The van der Waals surface area contributed by atoms with Crippen molar-refractivity contribution in [1.29, 1.82) is 0 Å². The van der Waals surface area contributed by atoms with Crippen molar-refractivity contribution in [3.63, 3.8) is 0 Å². The predicted octanol–water partition coefficient (Wildman–Crippen LogP) is 1.13. The molecule has 4 heterocycles. The minimum absolute atomic E-state index is 0.0406. The number of amides is 1. The molecule has 2 fully saturated rings. The summed E-state index contributed by atoms with van der Waals surface area (Å²) in [6.07, 6.45) is 4.43. The zero-order valence-electron chi connectivity index (χ0n) is 13.6. The van der Waals surface area contributed by atoms with Crippen LogP contribution in [-0.2, 0) is 11.8 Å². The molecular weight excluding hydrogens is 308 g/mol. The molecule has 0 N–H and O–H groups in total. The van der Waals surface area contributed by atoms with E-state index in [4.69, 9.17) is 9.47 Å². The van der Waals surface area contributed by atoms with Gasteiger partial charge in [-0.05, 0) is 18.6 Å². The summed E-state index contributed by atoms with van der Waals surface area (Å²) in [6.45, 7) is 2.46. The number of carbonyl (C=O) groups excluding carboxylic acids is 1. The molecule has 0 aliphatic carbocycles. The lowest BCUT2D eigenvalue weighted by molar-refractivity contribution is -0.122. The van der Waals surface area contributed by atoms with Gasteiger partial charge < -0.3 is 14.4 Å². The van der Waals surface area contributed by atoms with Crippen LogP contribution in [0, 0.1) is 5.92 Å². The second-order valence-electron chi connectivity index (χ2n) is 6.41. The van der Waals surface area contributed by atoms with Gasteiger partial charge in [-0.1, -0.05) is 6.07 Å². The van der Waals surface area contributed by atoms with Crippen LogP contribution in [0.15, 0.2) is 36.7 Å². The third-order valence-electron chi connectivity index (χ3n) is 4.81. The first-order chi connectivity index (χ1) is 11.7. The summed E-state index contributed by atoms with van der Waals surface area (Å²) in [5.74, 6) is 0.855. The van der Waals surface area contributed by atoms with Gasteiger partial charge in [0.25, 0.3) is 5.91 Å². The van der Waals surface area contributed by atoms with Gasteiger partial charge in [0.2, 0.25) is 5.88 Å². The van der Waals surface area contributed by atoms with Crippen molar-refractivity contribution in [2.24, 2.45) is 13.0 Å². The fraction of sp³-hybridized carbons (Fsp3) is 0.471. The lowest BCUT2D eigenvalue weighted by Crippen LogP contribution is -2.66. The van der Waals surface area contributed by atoms with E-state index in [1.54, 1.807) is 35.1 Å². The average Bonchev–Trinajstić information content (AvgIpc) is 3.18. The van der Waals surface area contributed by atoms with Gasteiger partial charge >= 0.3 is 0 Å². The maximum Gasteiger partial charge on any atom is 0.274 e. The standard InChI is InChI=1S/C17H20N4O3/c1-20-8-5-14(19-20)16(22)21-11-17(12-21)13(6-9-24-17)10-23-15-4-2-3-7-18-15/h2-5,7-8,13H,6,9-12H2,1H3/t13-/m0/s1. The van der Waals surface area contributed by atoms with E-state index in [1.165, 1.54) is 0 Å². The molecule has 0 bridgehead atoms. The molecule has 0 aromatic carbocycles. The Hall–Kier alpha value is -2.41. The zero-order chi connectivity index (χ0) is 16.6. The van der Waals surface area contributed by atoms with E-state index in [0.29, 0.717) is 37.9 Å². The van der Waals surface area contributed by atoms with Gasteiger partial charge in [-0.15, -0.1) is 0 Å². The van der Waals surface area contributed by atoms with E-state index < -0.39 is 0 Å². The van der Waals surface area contributed by atoms with Crippen LogP contribution in [0.25, 0.3) is 0 Å². The Bertz CT molecular complexity index is 724. The number of likely N-dealkylation sites (tertiary alicyclic amines) is 1. The molecule has 2 aromatic rings. The lowest BCUT2D eigenvalue weighted by Gasteiger charge is -2.49. The number of aromatic nitrogens is 3. The zero-order valence-corrected chi connectivity index (χ0v) is 13.6. The van der Waals surface area contributed by atoms with Gasteiger partial charge in [-0.3, -0.25) is 9.48 Å². The molecule has 126 valence electrons. The highest BCUT2D eigenvalue weighted by Gasteiger charge is 2.55. The Labute approximate surface area is 140 Å². The van der Waals surface area contributed by atoms with E-state index in [9.17, 15) is 4.79 Å². The van der Waals surface area contributed by atoms with Crippen molar-refractivity contribution in [2.45, 2.75) is 12.0 Å². The highest BCUT2D eigenvalue weighted by atomic mass is 16.5. The van der Waals surface area contributed by atoms with Crippen LogP contribution in [0.2, 0.25) is 0 Å². The molecule has 2 aromatic heterocycles. The van der Waals surface area contributed by atoms with Crippen LogP contribution in [0.4, 0.5) is 0 Å². The molecule has 1 spiro atoms. The smallest absolute Gasteiger partial charge is 0.274 e. The summed E-state index contributed by atoms with van der Waals surface area (Å²) in [7, 11) is 1.81.